The van der Waals surface area contributed by atoms with Crippen LogP contribution in [0.4, 0.5) is 5.82 Å². The third-order valence-electron chi connectivity index (χ3n) is 2.82. The number of primary amides is 1. The van der Waals surface area contributed by atoms with Crippen LogP contribution in [0.15, 0.2) is 6.20 Å². The highest BCUT2D eigenvalue weighted by Gasteiger charge is 2.21. The topological polar surface area (TPSA) is 94.9 Å². The van der Waals surface area contributed by atoms with Crippen LogP contribution in [-0.2, 0) is 0 Å². The molecule has 0 saturated heterocycles. The molecule has 1 heterocycles. The number of anilines is 1. The maximum atomic E-state index is 10.9. The number of carbonyl (C=O) groups is 1. The second-order valence-corrected chi connectivity index (χ2v) is 3.87. The molecule has 5 nitrogen and oxygen atoms in total. The molecule has 1 fully saturated rings. The minimum Gasteiger partial charge on any atom is -0.383 e. The second-order valence-electron chi connectivity index (χ2n) is 3.87. The van der Waals surface area contributed by atoms with Gasteiger partial charge >= 0.3 is 0 Å². The van der Waals surface area contributed by atoms with Crippen LogP contribution in [0.3, 0.4) is 0 Å². The Morgan fingerprint density at radius 1 is 1.40 bits per heavy atom. The Kier molecular flexibility index (Phi) is 2.53. The number of hydrogen-bond donors (Lipinski definition) is 2. The zero-order chi connectivity index (χ0) is 10.8. The van der Waals surface area contributed by atoms with E-state index < -0.39 is 5.91 Å². The quantitative estimate of drug-likeness (QED) is 0.748. The number of hydrogen-bond acceptors (Lipinski definition) is 4. The Balaban J connectivity index is 2.28. The molecule has 4 N–H and O–H groups in total. The van der Waals surface area contributed by atoms with Gasteiger partial charge in [0.05, 0.1) is 5.56 Å². The van der Waals surface area contributed by atoms with Crippen molar-refractivity contribution in [2.24, 2.45) is 5.73 Å². The van der Waals surface area contributed by atoms with Crippen LogP contribution in [0.1, 0.15) is 47.8 Å². The standard InChI is InChI=1S/C10H14N4O/c11-8-7(9(12)15)5-13-10(14-8)6-3-1-2-4-6/h5-6H,1-4H2,(H2,12,15)(H2,11,13,14). The van der Waals surface area contributed by atoms with E-state index >= 15 is 0 Å². The van der Waals surface area contributed by atoms with Crippen molar-refractivity contribution >= 4 is 11.7 Å². The molecule has 0 bridgehead atoms. The third kappa shape index (κ3) is 1.91. The molecule has 0 aliphatic heterocycles. The maximum absolute atomic E-state index is 10.9. The molecule has 2 rings (SSSR count). The number of nitrogen functional groups attached to an aromatic ring is 1. The van der Waals surface area contributed by atoms with Gasteiger partial charge in [-0.05, 0) is 12.8 Å². The average molecular weight is 206 g/mol. The van der Waals surface area contributed by atoms with Gasteiger partial charge in [0.25, 0.3) is 5.91 Å². The Labute approximate surface area is 87.9 Å². The number of carbonyl (C=O) groups excluding carboxylic acids is 1. The van der Waals surface area contributed by atoms with Gasteiger partial charge in [0.1, 0.15) is 11.6 Å². The lowest BCUT2D eigenvalue weighted by Crippen LogP contribution is -2.16. The van der Waals surface area contributed by atoms with Crippen molar-refractivity contribution in [2.45, 2.75) is 31.6 Å². The number of aromatic nitrogens is 2. The van der Waals surface area contributed by atoms with Crippen molar-refractivity contribution in [3.05, 3.63) is 17.6 Å². The Morgan fingerprint density at radius 2 is 2.07 bits per heavy atom. The van der Waals surface area contributed by atoms with E-state index in [-0.39, 0.29) is 11.4 Å². The summed E-state index contributed by atoms with van der Waals surface area (Å²) in [6.07, 6.45) is 6.07. The smallest absolute Gasteiger partial charge is 0.254 e. The maximum Gasteiger partial charge on any atom is 0.254 e. The first-order valence-electron chi connectivity index (χ1n) is 5.10. The summed E-state index contributed by atoms with van der Waals surface area (Å²) in [6.45, 7) is 0. The molecule has 5 heteroatoms. The number of nitrogens with two attached hydrogens (primary N) is 2. The molecule has 0 atom stereocenters. The predicted molar refractivity (Wildman–Crippen MR) is 56.2 cm³/mol. The summed E-state index contributed by atoms with van der Waals surface area (Å²) in [5.41, 5.74) is 11.0. The molecule has 0 unspecified atom stereocenters. The lowest BCUT2D eigenvalue weighted by atomic mass is 10.1. The monoisotopic (exact) mass is 206 g/mol. The van der Waals surface area contributed by atoms with Gasteiger partial charge in [-0.3, -0.25) is 4.79 Å². The average Bonchev–Trinajstić information content (AvgIpc) is 2.69. The molecule has 15 heavy (non-hydrogen) atoms. The normalized spacial score (nSPS) is 16.8. The Morgan fingerprint density at radius 3 is 2.60 bits per heavy atom. The molecule has 0 radical (unpaired) electrons. The molecule has 80 valence electrons. The van der Waals surface area contributed by atoms with E-state index in [9.17, 15) is 4.79 Å². The molecule has 1 amide bonds. The van der Waals surface area contributed by atoms with Crippen LogP contribution < -0.4 is 11.5 Å². The van der Waals surface area contributed by atoms with Gasteiger partial charge < -0.3 is 11.5 Å². The first-order chi connectivity index (χ1) is 7.18. The minimum absolute atomic E-state index is 0.194. The molecule has 1 aliphatic rings. The number of rotatable bonds is 2. The summed E-state index contributed by atoms with van der Waals surface area (Å²) in [5.74, 6) is 0.758. The fraction of sp³-hybridized carbons (Fsp3) is 0.500. The first-order valence-corrected chi connectivity index (χ1v) is 5.10. The van der Waals surface area contributed by atoms with Crippen LogP contribution in [0.5, 0.6) is 0 Å². The molecule has 1 saturated carbocycles. The van der Waals surface area contributed by atoms with E-state index in [1.54, 1.807) is 0 Å². The van der Waals surface area contributed by atoms with Crippen molar-refractivity contribution in [1.82, 2.24) is 9.97 Å². The van der Waals surface area contributed by atoms with Gasteiger partial charge in [0.2, 0.25) is 0 Å². The summed E-state index contributed by atoms with van der Waals surface area (Å²) >= 11 is 0. The molecule has 0 spiro atoms. The van der Waals surface area contributed by atoms with Crippen molar-refractivity contribution < 1.29 is 4.79 Å². The lowest BCUT2D eigenvalue weighted by molar-refractivity contribution is 0.100. The second kappa shape index (κ2) is 3.84. The third-order valence-corrected chi connectivity index (χ3v) is 2.82. The molecule has 0 aromatic carbocycles. The zero-order valence-corrected chi connectivity index (χ0v) is 8.44. The van der Waals surface area contributed by atoms with Gasteiger partial charge in [0.15, 0.2) is 0 Å². The summed E-state index contributed by atoms with van der Waals surface area (Å²) in [7, 11) is 0. The SMILES string of the molecule is NC(=O)c1cnc(C2CCCC2)nc1N. The van der Waals surface area contributed by atoms with Gasteiger partial charge in [-0.15, -0.1) is 0 Å². The van der Waals surface area contributed by atoms with Crippen LogP contribution in [0, 0.1) is 0 Å². The molecule has 1 aliphatic carbocycles. The van der Waals surface area contributed by atoms with Crippen molar-refractivity contribution in [2.75, 3.05) is 5.73 Å². The fourth-order valence-electron chi connectivity index (χ4n) is 1.98. The van der Waals surface area contributed by atoms with Crippen LogP contribution in [0.25, 0.3) is 0 Å². The largest absolute Gasteiger partial charge is 0.383 e. The predicted octanol–water partition coefficient (Wildman–Crippen LogP) is 0.815. The van der Waals surface area contributed by atoms with E-state index in [2.05, 4.69) is 9.97 Å². The van der Waals surface area contributed by atoms with Crippen molar-refractivity contribution in [3.8, 4) is 0 Å². The van der Waals surface area contributed by atoms with Crippen molar-refractivity contribution in [1.29, 1.82) is 0 Å². The van der Waals surface area contributed by atoms with Crippen LogP contribution in [-0.4, -0.2) is 15.9 Å². The van der Waals surface area contributed by atoms with Gasteiger partial charge in [-0.2, -0.15) is 0 Å². The molecule has 1 aromatic rings. The fourth-order valence-corrected chi connectivity index (χ4v) is 1.98. The molecular formula is C10H14N4O. The first kappa shape index (κ1) is 9.89. The van der Waals surface area contributed by atoms with Gasteiger partial charge in [-0.1, -0.05) is 12.8 Å². The number of nitrogens with zero attached hydrogens (tertiary/aromatic N) is 2. The summed E-state index contributed by atoms with van der Waals surface area (Å²) < 4.78 is 0. The lowest BCUT2D eigenvalue weighted by Gasteiger charge is -2.08. The van der Waals surface area contributed by atoms with E-state index in [4.69, 9.17) is 11.5 Å². The highest BCUT2D eigenvalue weighted by Crippen LogP contribution is 2.32. The highest BCUT2D eigenvalue weighted by molar-refractivity contribution is 5.96. The van der Waals surface area contributed by atoms with Crippen molar-refractivity contribution in [3.63, 3.8) is 0 Å². The zero-order valence-electron chi connectivity index (χ0n) is 8.44. The minimum atomic E-state index is -0.578. The summed E-state index contributed by atoms with van der Waals surface area (Å²) in [5, 5.41) is 0. The van der Waals surface area contributed by atoms with Gasteiger partial charge in [0, 0.05) is 12.1 Å². The summed E-state index contributed by atoms with van der Waals surface area (Å²) in [6, 6.07) is 0. The van der Waals surface area contributed by atoms with E-state index in [1.807, 2.05) is 0 Å². The Hall–Kier alpha value is -1.65. The van der Waals surface area contributed by atoms with E-state index in [0.717, 1.165) is 18.7 Å². The van der Waals surface area contributed by atoms with Crippen LogP contribution >= 0.6 is 0 Å². The highest BCUT2D eigenvalue weighted by atomic mass is 16.1. The molecule has 1 aromatic heterocycles. The van der Waals surface area contributed by atoms with E-state index in [0.29, 0.717) is 5.92 Å². The van der Waals surface area contributed by atoms with Crippen LogP contribution in [0.2, 0.25) is 0 Å². The number of amides is 1. The van der Waals surface area contributed by atoms with E-state index in [1.165, 1.54) is 19.0 Å². The Bertz CT molecular complexity index is 385. The summed E-state index contributed by atoms with van der Waals surface area (Å²) in [4.78, 5) is 19.2. The molecular weight excluding hydrogens is 192 g/mol. The van der Waals surface area contributed by atoms with Gasteiger partial charge in [-0.25, -0.2) is 9.97 Å².